The highest BCUT2D eigenvalue weighted by Crippen LogP contribution is 2.25. The Morgan fingerprint density at radius 1 is 1.47 bits per heavy atom. The third-order valence-corrected chi connectivity index (χ3v) is 3.22. The standard InChI is InChI=1S/C14H19N3O2/c1-9-16-11-5-4-10(6-12(11)17-9)14(2,3)8-15-7-13(18)19/h4-6,15H,7-8H2,1-3H3,(H,16,17)(H,18,19). The summed E-state index contributed by atoms with van der Waals surface area (Å²) in [7, 11) is 0. The van der Waals surface area contributed by atoms with Crippen LogP contribution in [0.3, 0.4) is 0 Å². The highest BCUT2D eigenvalue weighted by Gasteiger charge is 2.21. The molecule has 102 valence electrons. The van der Waals surface area contributed by atoms with E-state index in [2.05, 4.69) is 35.2 Å². The lowest BCUT2D eigenvalue weighted by Crippen LogP contribution is -2.35. The normalized spacial score (nSPS) is 11.9. The lowest BCUT2D eigenvalue weighted by molar-refractivity contribution is -0.136. The van der Waals surface area contributed by atoms with Crippen LogP contribution in [0.25, 0.3) is 11.0 Å². The molecule has 1 heterocycles. The molecule has 1 aromatic heterocycles. The van der Waals surface area contributed by atoms with E-state index in [0.29, 0.717) is 6.54 Å². The second-order valence-corrected chi connectivity index (χ2v) is 5.44. The molecule has 0 fully saturated rings. The van der Waals surface area contributed by atoms with Gasteiger partial charge in [-0.1, -0.05) is 19.9 Å². The van der Waals surface area contributed by atoms with E-state index < -0.39 is 5.97 Å². The van der Waals surface area contributed by atoms with Crippen LogP contribution in [0, 0.1) is 6.92 Å². The van der Waals surface area contributed by atoms with E-state index in [4.69, 9.17) is 5.11 Å². The highest BCUT2D eigenvalue weighted by molar-refractivity contribution is 5.76. The van der Waals surface area contributed by atoms with Gasteiger partial charge in [0.05, 0.1) is 17.6 Å². The maximum atomic E-state index is 10.5. The molecule has 0 saturated heterocycles. The van der Waals surface area contributed by atoms with Crippen LogP contribution >= 0.6 is 0 Å². The van der Waals surface area contributed by atoms with Gasteiger partial charge in [0.1, 0.15) is 5.82 Å². The second-order valence-electron chi connectivity index (χ2n) is 5.44. The van der Waals surface area contributed by atoms with Crippen LogP contribution in [0.15, 0.2) is 18.2 Å². The molecule has 3 N–H and O–H groups in total. The third kappa shape index (κ3) is 3.12. The zero-order chi connectivity index (χ0) is 14.0. The molecule has 0 spiro atoms. The predicted octanol–water partition coefficient (Wildman–Crippen LogP) is 1.82. The first-order chi connectivity index (χ1) is 8.88. The molecule has 0 aliphatic carbocycles. The number of aromatic nitrogens is 2. The number of aryl methyl sites for hydroxylation is 1. The van der Waals surface area contributed by atoms with Crippen molar-refractivity contribution in [3.8, 4) is 0 Å². The molecule has 19 heavy (non-hydrogen) atoms. The molecule has 2 aromatic rings. The van der Waals surface area contributed by atoms with E-state index in [9.17, 15) is 4.79 Å². The highest BCUT2D eigenvalue weighted by atomic mass is 16.4. The molecule has 0 aliphatic rings. The molecular weight excluding hydrogens is 242 g/mol. The molecule has 1 aromatic carbocycles. The fourth-order valence-corrected chi connectivity index (χ4v) is 2.14. The summed E-state index contributed by atoms with van der Waals surface area (Å²) >= 11 is 0. The van der Waals surface area contributed by atoms with Crippen molar-refractivity contribution in [2.24, 2.45) is 0 Å². The van der Waals surface area contributed by atoms with Crippen LogP contribution in [0.5, 0.6) is 0 Å². The number of hydrogen-bond acceptors (Lipinski definition) is 3. The van der Waals surface area contributed by atoms with Crippen molar-refractivity contribution in [1.82, 2.24) is 15.3 Å². The van der Waals surface area contributed by atoms with E-state index in [1.165, 1.54) is 0 Å². The Morgan fingerprint density at radius 2 is 2.21 bits per heavy atom. The molecule has 0 unspecified atom stereocenters. The molecule has 0 bridgehead atoms. The molecule has 0 radical (unpaired) electrons. The van der Waals surface area contributed by atoms with Gasteiger partial charge >= 0.3 is 5.97 Å². The molecular formula is C14H19N3O2. The average Bonchev–Trinajstić information content (AvgIpc) is 2.67. The van der Waals surface area contributed by atoms with Gasteiger partial charge in [-0.15, -0.1) is 0 Å². The molecule has 0 aliphatic heterocycles. The van der Waals surface area contributed by atoms with Gasteiger partial charge in [0.2, 0.25) is 0 Å². The van der Waals surface area contributed by atoms with Gasteiger partial charge in [0, 0.05) is 12.0 Å². The number of aliphatic carboxylic acids is 1. The molecule has 5 heteroatoms. The lowest BCUT2D eigenvalue weighted by atomic mass is 9.84. The minimum Gasteiger partial charge on any atom is -0.480 e. The van der Waals surface area contributed by atoms with E-state index in [-0.39, 0.29) is 12.0 Å². The van der Waals surface area contributed by atoms with Crippen LogP contribution in [0.1, 0.15) is 25.2 Å². The van der Waals surface area contributed by atoms with Crippen LogP contribution < -0.4 is 5.32 Å². The van der Waals surface area contributed by atoms with E-state index in [1.807, 2.05) is 19.1 Å². The maximum absolute atomic E-state index is 10.5. The summed E-state index contributed by atoms with van der Waals surface area (Å²) in [5.74, 6) is 0.0596. The first-order valence-corrected chi connectivity index (χ1v) is 6.28. The summed E-state index contributed by atoms with van der Waals surface area (Å²) in [6.45, 7) is 6.70. The Kier molecular flexibility index (Phi) is 3.57. The number of carboxylic acids is 1. The van der Waals surface area contributed by atoms with Crippen molar-refractivity contribution in [1.29, 1.82) is 0 Å². The van der Waals surface area contributed by atoms with Gasteiger partial charge in [-0.05, 0) is 24.6 Å². The van der Waals surface area contributed by atoms with Crippen molar-refractivity contribution in [3.05, 3.63) is 29.6 Å². The molecule has 5 nitrogen and oxygen atoms in total. The first kappa shape index (κ1) is 13.5. The number of benzene rings is 1. The van der Waals surface area contributed by atoms with Crippen LogP contribution in [-0.4, -0.2) is 34.1 Å². The Labute approximate surface area is 112 Å². The Hall–Kier alpha value is -1.88. The predicted molar refractivity (Wildman–Crippen MR) is 74.4 cm³/mol. The summed E-state index contributed by atoms with van der Waals surface area (Å²) < 4.78 is 0. The van der Waals surface area contributed by atoms with Gasteiger partial charge in [-0.25, -0.2) is 4.98 Å². The minimum atomic E-state index is -0.838. The molecule has 0 amide bonds. The second kappa shape index (κ2) is 5.01. The Bertz CT molecular complexity index is 602. The zero-order valence-electron chi connectivity index (χ0n) is 11.4. The van der Waals surface area contributed by atoms with Crippen molar-refractivity contribution in [2.45, 2.75) is 26.2 Å². The van der Waals surface area contributed by atoms with E-state index >= 15 is 0 Å². The number of carboxylic acid groups (broad SMARTS) is 1. The molecule has 0 atom stereocenters. The Balaban J connectivity index is 2.19. The number of nitrogens with one attached hydrogen (secondary N) is 2. The number of rotatable bonds is 5. The van der Waals surface area contributed by atoms with Gasteiger partial charge in [-0.2, -0.15) is 0 Å². The number of carbonyl (C=O) groups is 1. The first-order valence-electron chi connectivity index (χ1n) is 6.28. The van der Waals surface area contributed by atoms with Crippen LogP contribution in [0.4, 0.5) is 0 Å². The van der Waals surface area contributed by atoms with Crippen molar-refractivity contribution >= 4 is 17.0 Å². The maximum Gasteiger partial charge on any atom is 0.317 e. The fraction of sp³-hybridized carbons (Fsp3) is 0.429. The van der Waals surface area contributed by atoms with Crippen LogP contribution in [-0.2, 0) is 10.2 Å². The summed E-state index contributed by atoms with van der Waals surface area (Å²) in [5, 5.41) is 11.6. The summed E-state index contributed by atoms with van der Waals surface area (Å²) in [4.78, 5) is 18.1. The minimum absolute atomic E-state index is 0.0190. The number of fused-ring (bicyclic) bond motifs is 1. The monoisotopic (exact) mass is 261 g/mol. The summed E-state index contributed by atoms with van der Waals surface area (Å²) in [6, 6.07) is 6.12. The van der Waals surface area contributed by atoms with Crippen LogP contribution in [0.2, 0.25) is 0 Å². The Morgan fingerprint density at radius 3 is 2.89 bits per heavy atom. The molecule has 0 saturated carbocycles. The fourth-order valence-electron chi connectivity index (χ4n) is 2.14. The number of nitrogens with zero attached hydrogens (tertiary/aromatic N) is 1. The third-order valence-electron chi connectivity index (χ3n) is 3.22. The largest absolute Gasteiger partial charge is 0.480 e. The number of imidazole rings is 1. The van der Waals surface area contributed by atoms with Gasteiger partial charge in [0.15, 0.2) is 0 Å². The van der Waals surface area contributed by atoms with Gasteiger partial charge in [0.25, 0.3) is 0 Å². The van der Waals surface area contributed by atoms with Gasteiger partial charge in [-0.3, -0.25) is 4.79 Å². The van der Waals surface area contributed by atoms with Crippen molar-refractivity contribution in [2.75, 3.05) is 13.1 Å². The van der Waals surface area contributed by atoms with Crippen molar-refractivity contribution < 1.29 is 9.90 Å². The summed E-state index contributed by atoms with van der Waals surface area (Å²) in [6.07, 6.45) is 0. The van der Waals surface area contributed by atoms with E-state index in [0.717, 1.165) is 22.4 Å². The smallest absolute Gasteiger partial charge is 0.317 e. The number of hydrogen-bond donors (Lipinski definition) is 3. The quantitative estimate of drug-likeness (QED) is 0.767. The zero-order valence-corrected chi connectivity index (χ0v) is 11.4. The van der Waals surface area contributed by atoms with E-state index in [1.54, 1.807) is 0 Å². The summed E-state index contributed by atoms with van der Waals surface area (Å²) in [5.41, 5.74) is 2.99. The number of aromatic amines is 1. The van der Waals surface area contributed by atoms with Gasteiger partial charge < -0.3 is 15.4 Å². The topological polar surface area (TPSA) is 78.0 Å². The average molecular weight is 261 g/mol. The SMILES string of the molecule is Cc1nc2ccc(C(C)(C)CNCC(=O)O)cc2[nH]1. The molecule has 2 rings (SSSR count). The van der Waals surface area contributed by atoms with Crippen molar-refractivity contribution in [3.63, 3.8) is 0 Å². The lowest BCUT2D eigenvalue weighted by Gasteiger charge is -2.25. The number of H-pyrrole nitrogens is 1.